The molecule has 0 aliphatic heterocycles. The lowest BCUT2D eigenvalue weighted by atomic mass is 9.99. The minimum Gasteiger partial charge on any atom is -0.496 e. The van der Waals surface area contributed by atoms with Gasteiger partial charge in [0.25, 0.3) is 0 Å². The van der Waals surface area contributed by atoms with Crippen molar-refractivity contribution in [3.63, 3.8) is 0 Å². The number of carbonyl (C=O) groups is 1. The Hall–Kier alpha value is -2.29. The van der Waals surface area contributed by atoms with Gasteiger partial charge in [0.1, 0.15) is 5.75 Å². The molecular formula is C15H15NO2. The van der Waals surface area contributed by atoms with Crippen molar-refractivity contribution >= 4 is 11.5 Å². The molecule has 0 saturated carbocycles. The van der Waals surface area contributed by atoms with Crippen LogP contribution in [0.3, 0.4) is 0 Å². The van der Waals surface area contributed by atoms with Crippen molar-refractivity contribution in [2.45, 2.75) is 6.92 Å². The van der Waals surface area contributed by atoms with E-state index in [1.165, 1.54) is 0 Å². The molecule has 0 aliphatic carbocycles. The van der Waals surface area contributed by atoms with Crippen LogP contribution in [0.5, 0.6) is 5.75 Å². The van der Waals surface area contributed by atoms with E-state index in [9.17, 15) is 4.79 Å². The topological polar surface area (TPSA) is 52.3 Å². The first-order chi connectivity index (χ1) is 8.65. The van der Waals surface area contributed by atoms with E-state index < -0.39 is 0 Å². The van der Waals surface area contributed by atoms with Gasteiger partial charge in [-0.2, -0.15) is 0 Å². The van der Waals surface area contributed by atoms with Crippen LogP contribution in [0, 0.1) is 6.92 Å². The highest BCUT2D eigenvalue weighted by Gasteiger charge is 2.15. The number of nitrogen functional groups attached to an aromatic ring is 1. The number of hydrogen-bond donors (Lipinski definition) is 1. The number of methoxy groups -OCH3 is 1. The second-order valence-electron chi connectivity index (χ2n) is 4.05. The fourth-order valence-electron chi connectivity index (χ4n) is 1.87. The summed E-state index contributed by atoms with van der Waals surface area (Å²) in [7, 11) is 1.58. The average Bonchev–Trinajstić information content (AvgIpc) is 2.42. The van der Waals surface area contributed by atoms with Crippen molar-refractivity contribution in [2.75, 3.05) is 12.8 Å². The largest absolute Gasteiger partial charge is 0.496 e. The minimum absolute atomic E-state index is 0.0705. The maximum atomic E-state index is 12.3. The van der Waals surface area contributed by atoms with Crippen LogP contribution in [0.4, 0.5) is 5.69 Å². The van der Waals surface area contributed by atoms with Gasteiger partial charge >= 0.3 is 0 Å². The van der Waals surface area contributed by atoms with Crippen LogP contribution in [0.1, 0.15) is 21.5 Å². The summed E-state index contributed by atoms with van der Waals surface area (Å²) >= 11 is 0. The molecule has 2 aromatic carbocycles. The summed E-state index contributed by atoms with van der Waals surface area (Å²) in [5.41, 5.74) is 8.41. The zero-order chi connectivity index (χ0) is 13.1. The molecule has 3 nitrogen and oxygen atoms in total. The Morgan fingerprint density at radius 2 is 1.78 bits per heavy atom. The lowest BCUT2D eigenvalue weighted by molar-refractivity contribution is 0.103. The number of carbonyl (C=O) groups excluding carboxylic acids is 1. The third-order valence-electron chi connectivity index (χ3n) is 2.97. The zero-order valence-electron chi connectivity index (χ0n) is 10.4. The van der Waals surface area contributed by atoms with Crippen molar-refractivity contribution in [2.24, 2.45) is 0 Å². The van der Waals surface area contributed by atoms with Crippen LogP contribution in [-0.4, -0.2) is 12.9 Å². The molecule has 0 unspecified atom stereocenters. The van der Waals surface area contributed by atoms with Crippen LogP contribution in [0.2, 0.25) is 0 Å². The zero-order valence-corrected chi connectivity index (χ0v) is 10.4. The molecule has 3 heteroatoms. The van der Waals surface area contributed by atoms with E-state index in [-0.39, 0.29) is 5.78 Å². The molecular weight excluding hydrogens is 226 g/mol. The highest BCUT2D eigenvalue weighted by atomic mass is 16.5. The summed E-state index contributed by atoms with van der Waals surface area (Å²) in [4.78, 5) is 12.3. The lowest BCUT2D eigenvalue weighted by Gasteiger charge is -2.11. The van der Waals surface area contributed by atoms with Gasteiger partial charge in [-0.15, -0.1) is 0 Å². The number of rotatable bonds is 3. The van der Waals surface area contributed by atoms with Gasteiger partial charge in [0, 0.05) is 22.4 Å². The Bertz CT molecular complexity index is 577. The third-order valence-corrected chi connectivity index (χ3v) is 2.97. The first-order valence-corrected chi connectivity index (χ1v) is 5.68. The standard InChI is InChI=1S/C15H15NO2/c1-10-13(18-2)9-8-12(14(10)16)15(17)11-6-4-3-5-7-11/h3-9H,16H2,1-2H3. The number of ketones is 1. The molecule has 0 radical (unpaired) electrons. The van der Waals surface area contributed by atoms with Gasteiger partial charge in [0.05, 0.1) is 7.11 Å². The van der Waals surface area contributed by atoms with E-state index in [0.29, 0.717) is 22.6 Å². The predicted molar refractivity (Wildman–Crippen MR) is 72.0 cm³/mol. The van der Waals surface area contributed by atoms with E-state index in [1.807, 2.05) is 25.1 Å². The maximum Gasteiger partial charge on any atom is 0.195 e. The highest BCUT2D eigenvalue weighted by molar-refractivity contribution is 6.12. The highest BCUT2D eigenvalue weighted by Crippen LogP contribution is 2.28. The van der Waals surface area contributed by atoms with Gasteiger partial charge in [-0.1, -0.05) is 30.3 Å². The molecule has 18 heavy (non-hydrogen) atoms. The van der Waals surface area contributed by atoms with E-state index in [0.717, 1.165) is 5.56 Å². The first kappa shape index (κ1) is 12.2. The molecule has 92 valence electrons. The summed E-state index contributed by atoms with van der Waals surface area (Å²) in [5.74, 6) is 0.621. The summed E-state index contributed by atoms with van der Waals surface area (Å²) in [6.45, 7) is 1.84. The van der Waals surface area contributed by atoms with Gasteiger partial charge in [0.2, 0.25) is 0 Å². The van der Waals surface area contributed by atoms with Crippen molar-refractivity contribution in [3.05, 3.63) is 59.2 Å². The summed E-state index contributed by atoms with van der Waals surface area (Å²) < 4.78 is 5.17. The van der Waals surface area contributed by atoms with E-state index in [1.54, 1.807) is 31.4 Å². The van der Waals surface area contributed by atoms with E-state index >= 15 is 0 Å². The second kappa shape index (κ2) is 4.92. The Labute approximate surface area is 106 Å². The molecule has 2 N–H and O–H groups in total. The quantitative estimate of drug-likeness (QED) is 0.664. The summed E-state index contributed by atoms with van der Waals surface area (Å²) in [5, 5.41) is 0. The molecule has 0 aliphatic rings. The molecule has 0 amide bonds. The van der Waals surface area contributed by atoms with Gasteiger partial charge in [-0.05, 0) is 19.1 Å². The lowest BCUT2D eigenvalue weighted by Crippen LogP contribution is -2.07. The molecule has 2 aromatic rings. The number of ether oxygens (including phenoxy) is 1. The molecule has 0 bridgehead atoms. The average molecular weight is 241 g/mol. The van der Waals surface area contributed by atoms with Crippen LogP contribution in [0.15, 0.2) is 42.5 Å². The minimum atomic E-state index is -0.0705. The van der Waals surface area contributed by atoms with Crippen LogP contribution >= 0.6 is 0 Å². The van der Waals surface area contributed by atoms with Gasteiger partial charge < -0.3 is 10.5 Å². The fraction of sp³-hybridized carbons (Fsp3) is 0.133. The van der Waals surface area contributed by atoms with Crippen LogP contribution in [0.25, 0.3) is 0 Å². The molecule has 2 rings (SSSR count). The maximum absolute atomic E-state index is 12.3. The second-order valence-corrected chi connectivity index (χ2v) is 4.05. The van der Waals surface area contributed by atoms with Crippen molar-refractivity contribution in [1.82, 2.24) is 0 Å². The normalized spacial score (nSPS) is 10.1. The number of benzene rings is 2. The van der Waals surface area contributed by atoms with Gasteiger partial charge in [0.15, 0.2) is 5.78 Å². The Kier molecular flexibility index (Phi) is 3.33. The smallest absolute Gasteiger partial charge is 0.195 e. The summed E-state index contributed by atoms with van der Waals surface area (Å²) in [6.07, 6.45) is 0. The molecule has 0 aromatic heterocycles. The Morgan fingerprint density at radius 3 is 2.39 bits per heavy atom. The monoisotopic (exact) mass is 241 g/mol. The number of hydrogen-bond acceptors (Lipinski definition) is 3. The third kappa shape index (κ3) is 2.07. The summed E-state index contributed by atoms with van der Waals surface area (Å²) in [6, 6.07) is 12.6. The SMILES string of the molecule is COc1ccc(C(=O)c2ccccc2)c(N)c1C. The van der Waals surface area contributed by atoms with E-state index in [4.69, 9.17) is 10.5 Å². The Balaban J connectivity index is 2.47. The van der Waals surface area contributed by atoms with E-state index in [2.05, 4.69) is 0 Å². The van der Waals surface area contributed by atoms with Crippen molar-refractivity contribution in [3.8, 4) is 5.75 Å². The molecule has 0 spiro atoms. The molecule has 0 atom stereocenters. The molecule has 0 fully saturated rings. The van der Waals surface area contributed by atoms with Crippen LogP contribution in [-0.2, 0) is 0 Å². The number of nitrogens with two attached hydrogens (primary N) is 1. The van der Waals surface area contributed by atoms with Crippen molar-refractivity contribution < 1.29 is 9.53 Å². The Morgan fingerprint density at radius 1 is 1.11 bits per heavy atom. The van der Waals surface area contributed by atoms with Crippen LogP contribution < -0.4 is 10.5 Å². The van der Waals surface area contributed by atoms with Gasteiger partial charge in [-0.3, -0.25) is 4.79 Å². The predicted octanol–water partition coefficient (Wildman–Crippen LogP) is 2.82. The van der Waals surface area contributed by atoms with Gasteiger partial charge in [-0.25, -0.2) is 0 Å². The number of anilines is 1. The van der Waals surface area contributed by atoms with Crippen molar-refractivity contribution in [1.29, 1.82) is 0 Å². The molecule has 0 saturated heterocycles. The first-order valence-electron chi connectivity index (χ1n) is 5.68. The molecule has 0 heterocycles. The fourth-order valence-corrected chi connectivity index (χ4v) is 1.87.